The highest BCUT2D eigenvalue weighted by Gasteiger charge is 2.36. The topological polar surface area (TPSA) is 55.0 Å². The van der Waals surface area contributed by atoms with Crippen molar-refractivity contribution in [2.24, 2.45) is 7.05 Å². The van der Waals surface area contributed by atoms with Crippen molar-refractivity contribution in [3.63, 3.8) is 0 Å². The zero-order valence-electron chi connectivity index (χ0n) is 11.1. The van der Waals surface area contributed by atoms with E-state index in [1.54, 1.807) is 6.07 Å². The molecule has 0 unspecified atom stereocenters. The van der Waals surface area contributed by atoms with Gasteiger partial charge in [-0.15, -0.1) is 0 Å². The number of benzene rings is 1. The van der Waals surface area contributed by atoms with Crippen LogP contribution in [0.25, 0.3) is 0 Å². The normalized spacial score (nSPS) is 11.1. The van der Waals surface area contributed by atoms with Gasteiger partial charge in [-0.25, -0.2) is 0 Å². The summed E-state index contributed by atoms with van der Waals surface area (Å²) in [4.78, 5) is 11.9. The molecule has 2 aromatic rings. The number of pyridine rings is 1. The quantitative estimate of drug-likeness (QED) is 0.844. The smallest absolute Gasteiger partial charge is 0.420 e. The molecule has 0 saturated carbocycles. The molecular formula is C14H8ClF3N2O2. The van der Waals surface area contributed by atoms with E-state index in [0.29, 0.717) is 0 Å². The van der Waals surface area contributed by atoms with Crippen LogP contribution in [0.4, 0.5) is 13.2 Å². The number of ether oxygens (including phenoxy) is 1. The predicted molar refractivity (Wildman–Crippen MR) is 72.9 cm³/mol. The van der Waals surface area contributed by atoms with Gasteiger partial charge in [0.05, 0.1) is 11.6 Å². The molecule has 114 valence electrons. The molecular weight excluding hydrogens is 321 g/mol. The maximum Gasteiger partial charge on any atom is 0.420 e. The number of hydrogen-bond donors (Lipinski definition) is 0. The van der Waals surface area contributed by atoms with Crippen LogP contribution in [0.1, 0.15) is 11.1 Å². The molecule has 0 aliphatic rings. The minimum Gasteiger partial charge on any atom is -0.451 e. The first-order valence-corrected chi connectivity index (χ1v) is 6.25. The minimum absolute atomic E-state index is 0.101. The second kappa shape index (κ2) is 5.73. The molecule has 8 heteroatoms. The summed E-state index contributed by atoms with van der Waals surface area (Å²) in [6, 6.07) is 6.27. The Labute approximate surface area is 127 Å². The van der Waals surface area contributed by atoms with Crippen molar-refractivity contribution in [2.45, 2.75) is 6.18 Å². The first-order valence-electron chi connectivity index (χ1n) is 5.87. The number of nitriles is 1. The summed E-state index contributed by atoms with van der Waals surface area (Å²) in [6.07, 6.45) is -3.75. The zero-order chi connectivity index (χ0) is 16.5. The fourth-order valence-electron chi connectivity index (χ4n) is 1.73. The lowest BCUT2D eigenvalue weighted by Gasteiger charge is -2.14. The van der Waals surface area contributed by atoms with Gasteiger partial charge in [0.15, 0.2) is 0 Å². The van der Waals surface area contributed by atoms with Crippen molar-refractivity contribution in [3.8, 4) is 17.6 Å². The molecule has 0 amide bonds. The molecule has 0 saturated heterocycles. The van der Waals surface area contributed by atoms with Gasteiger partial charge in [-0.05, 0) is 24.3 Å². The number of rotatable bonds is 2. The van der Waals surface area contributed by atoms with Crippen molar-refractivity contribution in [1.82, 2.24) is 4.57 Å². The van der Waals surface area contributed by atoms with Crippen molar-refractivity contribution < 1.29 is 17.9 Å². The van der Waals surface area contributed by atoms with Crippen LogP contribution in [0.2, 0.25) is 5.02 Å². The Bertz CT molecular complexity index is 822. The Morgan fingerprint density at radius 2 is 2.00 bits per heavy atom. The van der Waals surface area contributed by atoms with Crippen LogP contribution < -0.4 is 10.3 Å². The summed E-state index contributed by atoms with van der Waals surface area (Å²) in [5.41, 5.74) is -2.05. The van der Waals surface area contributed by atoms with Crippen LogP contribution >= 0.6 is 11.6 Å². The molecule has 0 aliphatic heterocycles. The highest BCUT2D eigenvalue weighted by Crippen LogP contribution is 2.36. The van der Waals surface area contributed by atoms with Gasteiger partial charge in [-0.3, -0.25) is 4.79 Å². The molecule has 0 N–H and O–H groups in total. The highest BCUT2D eigenvalue weighted by atomic mass is 35.5. The van der Waals surface area contributed by atoms with Gasteiger partial charge in [0, 0.05) is 18.3 Å². The van der Waals surface area contributed by atoms with Crippen molar-refractivity contribution in [1.29, 1.82) is 5.26 Å². The molecule has 1 aromatic heterocycles. The molecule has 4 nitrogen and oxygen atoms in total. The highest BCUT2D eigenvalue weighted by molar-refractivity contribution is 6.30. The number of hydrogen-bond acceptors (Lipinski definition) is 3. The van der Waals surface area contributed by atoms with Gasteiger partial charge in [0.25, 0.3) is 5.56 Å². The molecule has 2 rings (SSSR count). The van der Waals surface area contributed by atoms with Gasteiger partial charge in [-0.1, -0.05) is 11.6 Å². The molecule has 0 spiro atoms. The lowest BCUT2D eigenvalue weighted by atomic mass is 10.2. The van der Waals surface area contributed by atoms with Crippen LogP contribution in [0.15, 0.2) is 35.3 Å². The van der Waals surface area contributed by atoms with E-state index in [-0.39, 0.29) is 16.3 Å². The van der Waals surface area contributed by atoms with E-state index in [1.165, 1.54) is 25.2 Å². The van der Waals surface area contributed by atoms with E-state index in [4.69, 9.17) is 21.6 Å². The maximum atomic E-state index is 13.0. The number of alkyl halides is 3. The van der Waals surface area contributed by atoms with E-state index < -0.39 is 23.0 Å². The molecule has 0 bridgehead atoms. The van der Waals surface area contributed by atoms with E-state index >= 15 is 0 Å². The van der Waals surface area contributed by atoms with E-state index in [0.717, 1.165) is 16.8 Å². The summed E-state index contributed by atoms with van der Waals surface area (Å²) in [6.45, 7) is 0. The van der Waals surface area contributed by atoms with Gasteiger partial charge in [-0.2, -0.15) is 18.4 Å². The van der Waals surface area contributed by atoms with Gasteiger partial charge in [0.2, 0.25) is 5.75 Å². The summed E-state index contributed by atoms with van der Waals surface area (Å²) in [7, 11) is 1.30. The molecule has 0 atom stereocenters. The van der Waals surface area contributed by atoms with Crippen LogP contribution in [0.5, 0.6) is 11.5 Å². The Morgan fingerprint density at radius 3 is 2.59 bits per heavy atom. The number of aromatic nitrogens is 1. The van der Waals surface area contributed by atoms with Crippen molar-refractivity contribution in [3.05, 3.63) is 57.0 Å². The van der Waals surface area contributed by atoms with Crippen molar-refractivity contribution >= 4 is 11.6 Å². The molecule has 1 aromatic carbocycles. The van der Waals surface area contributed by atoms with E-state index in [9.17, 15) is 18.0 Å². The molecule has 0 aliphatic carbocycles. The molecule has 0 fully saturated rings. The molecule has 1 heterocycles. The van der Waals surface area contributed by atoms with Gasteiger partial charge >= 0.3 is 6.18 Å². The Kier molecular flexibility index (Phi) is 4.15. The van der Waals surface area contributed by atoms with Crippen LogP contribution in [-0.2, 0) is 13.2 Å². The monoisotopic (exact) mass is 328 g/mol. The zero-order valence-corrected chi connectivity index (χ0v) is 11.9. The first-order chi connectivity index (χ1) is 10.2. The summed E-state index contributed by atoms with van der Waals surface area (Å²) in [5, 5.41) is 8.93. The average molecular weight is 329 g/mol. The lowest BCUT2D eigenvalue weighted by molar-refractivity contribution is -0.138. The van der Waals surface area contributed by atoms with Crippen LogP contribution in [-0.4, -0.2) is 4.57 Å². The van der Waals surface area contributed by atoms with Gasteiger partial charge in [0.1, 0.15) is 11.3 Å². The van der Waals surface area contributed by atoms with Crippen LogP contribution in [0, 0.1) is 11.3 Å². The Hall–Kier alpha value is -2.46. The molecule has 0 radical (unpaired) electrons. The third-order valence-electron chi connectivity index (χ3n) is 2.75. The first kappa shape index (κ1) is 15.9. The number of halogens is 4. The summed E-state index contributed by atoms with van der Waals surface area (Å²) < 4.78 is 45.0. The Balaban J connectivity index is 2.59. The third kappa shape index (κ3) is 3.23. The fraction of sp³-hybridized carbons (Fsp3) is 0.143. The molecule has 22 heavy (non-hydrogen) atoms. The lowest BCUT2D eigenvalue weighted by Crippen LogP contribution is -2.22. The second-order valence-electron chi connectivity index (χ2n) is 4.36. The SMILES string of the molecule is Cn1ccc(C(F)(F)F)c(Oc2cc(Cl)cc(C#N)c2)c1=O. The minimum atomic E-state index is -4.75. The second-order valence-corrected chi connectivity index (χ2v) is 4.80. The summed E-state index contributed by atoms with van der Waals surface area (Å²) in [5.74, 6) is -0.999. The number of nitrogens with zero attached hydrogens (tertiary/aromatic N) is 2. The largest absolute Gasteiger partial charge is 0.451 e. The standard InChI is InChI=1S/C14H8ClF3N2O2/c1-20-3-2-11(14(16,17)18)12(13(20)21)22-10-5-8(7-19)4-9(15)6-10/h2-6H,1H3. The van der Waals surface area contributed by atoms with E-state index in [2.05, 4.69) is 0 Å². The third-order valence-corrected chi connectivity index (χ3v) is 2.97. The van der Waals surface area contributed by atoms with Crippen LogP contribution in [0.3, 0.4) is 0 Å². The van der Waals surface area contributed by atoms with E-state index in [1.807, 2.05) is 0 Å². The maximum absolute atomic E-state index is 13.0. The fourth-order valence-corrected chi connectivity index (χ4v) is 1.96. The predicted octanol–water partition coefficient (Wildman–Crippen LogP) is 3.72. The average Bonchev–Trinajstić information content (AvgIpc) is 2.42. The number of aryl methyl sites for hydroxylation is 1. The van der Waals surface area contributed by atoms with Gasteiger partial charge < -0.3 is 9.30 Å². The van der Waals surface area contributed by atoms with Crippen molar-refractivity contribution in [2.75, 3.05) is 0 Å². The summed E-state index contributed by atoms with van der Waals surface area (Å²) >= 11 is 5.76. The Morgan fingerprint density at radius 1 is 1.32 bits per heavy atom.